The zero-order valence-electron chi connectivity index (χ0n) is 13.0. The molecular formula is C14H20F2N4O2S. The molecule has 0 bridgehead atoms. The molecule has 0 unspecified atom stereocenters. The third kappa shape index (κ3) is 2.80. The van der Waals surface area contributed by atoms with Crippen LogP contribution in [0.5, 0.6) is 0 Å². The van der Waals surface area contributed by atoms with Gasteiger partial charge in [0.2, 0.25) is 16.0 Å². The maximum atomic E-state index is 14.6. The summed E-state index contributed by atoms with van der Waals surface area (Å²) in [5, 5.41) is 0. The average Bonchev–Trinajstić information content (AvgIpc) is 2.97. The van der Waals surface area contributed by atoms with Crippen LogP contribution in [-0.2, 0) is 10.0 Å². The molecule has 0 N–H and O–H groups in total. The molecule has 1 spiro atoms. The monoisotopic (exact) mass is 346 g/mol. The molecule has 2 aliphatic heterocycles. The van der Waals surface area contributed by atoms with Gasteiger partial charge in [0.15, 0.2) is 0 Å². The van der Waals surface area contributed by atoms with E-state index in [1.807, 2.05) is 0 Å². The highest BCUT2D eigenvalue weighted by molar-refractivity contribution is 7.89. The molecule has 3 rings (SSSR count). The van der Waals surface area contributed by atoms with Crippen LogP contribution in [0.15, 0.2) is 18.5 Å². The number of hydrogen-bond donors (Lipinski definition) is 0. The fourth-order valence-corrected chi connectivity index (χ4v) is 4.59. The van der Waals surface area contributed by atoms with E-state index in [-0.39, 0.29) is 31.8 Å². The molecular weight excluding hydrogens is 326 g/mol. The van der Waals surface area contributed by atoms with E-state index >= 15 is 0 Å². The van der Waals surface area contributed by atoms with Crippen molar-refractivity contribution < 1.29 is 17.2 Å². The highest BCUT2D eigenvalue weighted by atomic mass is 32.2. The molecule has 6 nitrogen and oxygen atoms in total. The molecule has 23 heavy (non-hydrogen) atoms. The van der Waals surface area contributed by atoms with Gasteiger partial charge in [0.05, 0.1) is 11.2 Å². The van der Waals surface area contributed by atoms with Gasteiger partial charge >= 0.3 is 0 Å². The van der Waals surface area contributed by atoms with Crippen molar-refractivity contribution in [2.24, 2.45) is 5.41 Å². The van der Waals surface area contributed by atoms with E-state index in [4.69, 9.17) is 0 Å². The van der Waals surface area contributed by atoms with Crippen LogP contribution in [0, 0.1) is 5.41 Å². The Kier molecular flexibility index (Phi) is 4.04. The van der Waals surface area contributed by atoms with Gasteiger partial charge in [0.1, 0.15) is 0 Å². The number of anilines is 1. The van der Waals surface area contributed by atoms with E-state index < -0.39 is 27.8 Å². The van der Waals surface area contributed by atoms with Crippen LogP contribution in [0.25, 0.3) is 0 Å². The number of alkyl halides is 2. The molecule has 1 aromatic rings. The second-order valence-electron chi connectivity index (χ2n) is 6.19. The van der Waals surface area contributed by atoms with Crippen LogP contribution in [0.2, 0.25) is 0 Å². The molecule has 0 saturated carbocycles. The fourth-order valence-electron chi connectivity index (χ4n) is 3.41. The van der Waals surface area contributed by atoms with E-state index in [9.17, 15) is 17.2 Å². The Bertz CT molecular complexity index is 671. The van der Waals surface area contributed by atoms with Crippen LogP contribution in [0.4, 0.5) is 14.7 Å². The van der Waals surface area contributed by atoms with E-state index in [1.165, 1.54) is 11.2 Å². The molecule has 0 aliphatic carbocycles. The third-order valence-corrected chi connectivity index (χ3v) is 6.71. The quantitative estimate of drug-likeness (QED) is 0.827. The SMILES string of the molecule is CCS(=O)(=O)N1CCC(F)(F)[C@]2(CCN(c3ncccn3)C2)C1. The Hall–Kier alpha value is -1.35. The standard InChI is InChI=1S/C14H20F2N4O2S/c1-2-23(21,22)20-9-5-14(15,16)13(11-20)4-8-19(10-13)12-17-6-3-7-18-12/h3,6-7H,2,4-5,8-11H2,1H3/t13-/m0/s1. The van der Waals surface area contributed by atoms with Gasteiger partial charge < -0.3 is 4.90 Å². The molecule has 1 aromatic heterocycles. The Balaban J connectivity index is 1.86. The van der Waals surface area contributed by atoms with Gasteiger partial charge in [-0.05, 0) is 19.4 Å². The zero-order valence-corrected chi connectivity index (χ0v) is 13.8. The normalized spacial score (nSPS) is 28.4. The highest BCUT2D eigenvalue weighted by Gasteiger charge is 2.60. The number of halogens is 2. The lowest BCUT2D eigenvalue weighted by Gasteiger charge is -2.45. The summed E-state index contributed by atoms with van der Waals surface area (Å²) >= 11 is 0. The molecule has 2 saturated heterocycles. The van der Waals surface area contributed by atoms with Crippen molar-refractivity contribution in [2.45, 2.75) is 25.7 Å². The number of hydrogen-bond acceptors (Lipinski definition) is 5. The van der Waals surface area contributed by atoms with E-state index in [2.05, 4.69) is 9.97 Å². The van der Waals surface area contributed by atoms with Crippen molar-refractivity contribution in [1.82, 2.24) is 14.3 Å². The van der Waals surface area contributed by atoms with E-state index in [0.29, 0.717) is 12.5 Å². The second-order valence-corrected chi connectivity index (χ2v) is 8.45. The minimum absolute atomic E-state index is 0.0692. The van der Waals surface area contributed by atoms with Crippen molar-refractivity contribution in [3.05, 3.63) is 18.5 Å². The number of sulfonamides is 1. The Morgan fingerprint density at radius 1 is 1.17 bits per heavy atom. The molecule has 9 heteroatoms. The molecule has 128 valence electrons. The minimum atomic E-state index is -3.47. The van der Waals surface area contributed by atoms with Gasteiger partial charge in [0, 0.05) is 45.0 Å². The summed E-state index contributed by atoms with van der Waals surface area (Å²) < 4.78 is 54.7. The first-order chi connectivity index (χ1) is 10.8. The highest BCUT2D eigenvalue weighted by Crippen LogP contribution is 2.50. The van der Waals surface area contributed by atoms with Crippen LogP contribution >= 0.6 is 0 Å². The Morgan fingerprint density at radius 3 is 2.52 bits per heavy atom. The van der Waals surface area contributed by atoms with Gasteiger partial charge in [-0.25, -0.2) is 31.5 Å². The summed E-state index contributed by atoms with van der Waals surface area (Å²) in [5.41, 5.74) is -1.37. The summed E-state index contributed by atoms with van der Waals surface area (Å²) in [6, 6.07) is 1.67. The maximum Gasteiger partial charge on any atom is 0.257 e. The number of rotatable bonds is 3. The Labute approximate surface area is 134 Å². The van der Waals surface area contributed by atoms with Gasteiger partial charge in [-0.2, -0.15) is 0 Å². The molecule has 1 atom stereocenters. The predicted octanol–water partition coefficient (Wildman–Crippen LogP) is 1.36. The van der Waals surface area contributed by atoms with Crippen molar-refractivity contribution in [2.75, 3.05) is 36.8 Å². The number of aromatic nitrogens is 2. The van der Waals surface area contributed by atoms with Crippen LogP contribution in [0.3, 0.4) is 0 Å². The third-order valence-electron chi connectivity index (χ3n) is 4.88. The smallest absolute Gasteiger partial charge is 0.257 e. The number of nitrogens with zero attached hydrogens (tertiary/aromatic N) is 4. The average molecular weight is 346 g/mol. The summed E-state index contributed by atoms with van der Waals surface area (Å²) in [7, 11) is -3.47. The lowest BCUT2D eigenvalue weighted by atomic mass is 9.76. The van der Waals surface area contributed by atoms with Crippen LogP contribution in [0.1, 0.15) is 19.8 Å². The summed E-state index contributed by atoms with van der Waals surface area (Å²) in [6.07, 6.45) is 2.93. The molecule has 3 heterocycles. The van der Waals surface area contributed by atoms with Gasteiger partial charge in [-0.3, -0.25) is 0 Å². The molecule has 0 radical (unpaired) electrons. The van der Waals surface area contributed by atoms with Crippen molar-refractivity contribution in [3.8, 4) is 0 Å². The van der Waals surface area contributed by atoms with Crippen molar-refractivity contribution in [1.29, 1.82) is 0 Å². The first-order valence-corrected chi connectivity index (χ1v) is 9.28. The lowest BCUT2D eigenvalue weighted by Crippen LogP contribution is -2.58. The summed E-state index contributed by atoms with van der Waals surface area (Å²) in [6.45, 7) is 1.75. The van der Waals surface area contributed by atoms with Gasteiger partial charge in [0.25, 0.3) is 5.92 Å². The minimum Gasteiger partial charge on any atom is -0.340 e. The first-order valence-electron chi connectivity index (χ1n) is 7.67. The van der Waals surface area contributed by atoms with Crippen molar-refractivity contribution in [3.63, 3.8) is 0 Å². The van der Waals surface area contributed by atoms with Crippen LogP contribution < -0.4 is 4.90 Å². The second kappa shape index (κ2) is 5.62. The van der Waals surface area contributed by atoms with Gasteiger partial charge in [-0.15, -0.1) is 0 Å². The maximum absolute atomic E-state index is 14.6. The molecule has 2 fully saturated rings. The van der Waals surface area contributed by atoms with Crippen LogP contribution in [-0.4, -0.2) is 60.5 Å². The largest absolute Gasteiger partial charge is 0.340 e. The lowest BCUT2D eigenvalue weighted by molar-refractivity contribution is -0.145. The zero-order chi connectivity index (χ0) is 16.7. The molecule has 0 aromatic carbocycles. The van der Waals surface area contributed by atoms with E-state index in [0.717, 1.165) is 0 Å². The first kappa shape index (κ1) is 16.5. The molecule has 2 aliphatic rings. The summed E-state index contributed by atoms with van der Waals surface area (Å²) in [4.78, 5) is 9.94. The summed E-state index contributed by atoms with van der Waals surface area (Å²) in [5.74, 6) is -2.55. The predicted molar refractivity (Wildman–Crippen MR) is 81.9 cm³/mol. The Morgan fingerprint density at radius 2 is 1.87 bits per heavy atom. The van der Waals surface area contributed by atoms with Crippen molar-refractivity contribution >= 4 is 16.0 Å². The topological polar surface area (TPSA) is 66.4 Å². The van der Waals surface area contributed by atoms with E-state index in [1.54, 1.807) is 23.4 Å². The van der Waals surface area contributed by atoms with Gasteiger partial charge in [-0.1, -0.05) is 0 Å². The number of piperidine rings is 1. The molecule has 0 amide bonds. The fraction of sp³-hybridized carbons (Fsp3) is 0.714.